The molecule has 1 aliphatic heterocycles. The fourth-order valence-electron chi connectivity index (χ4n) is 9.47. The summed E-state index contributed by atoms with van der Waals surface area (Å²) < 4.78 is 4.88. The molecule has 0 aliphatic carbocycles. The largest absolute Gasteiger partial charge is 0.350 e. The molecule has 2 atom stereocenters. The quantitative estimate of drug-likeness (QED) is 0.169. The Morgan fingerprint density at radius 2 is 0.871 bits per heavy atom. The Labute approximate surface area is 359 Å². The Hall–Kier alpha value is -7.99. The van der Waals surface area contributed by atoms with Gasteiger partial charge in [0.2, 0.25) is 0 Å². The van der Waals surface area contributed by atoms with Gasteiger partial charge in [0, 0.05) is 38.4 Å². The van der Waals surface area contributed by atoms with Crippen molar-refractivity contribution in [1.29, 1.82) is 0 Å². The van der Waals surface area contributed by atoms with E-state index in [1.165, 1.54) is 54.8 Å². The van der Waals surface area contributed by atoms with E-state index in [0.717, 1.165) is 44.9 Å². The average molecular weight is 796 g/mol. The molecule has 2 N–H and O–H groups in total. The molecule has 294 valence electrons. The first-order valence-corrected chi connectivity index (χ1v) is 21.3. The van der Waals surface area contributed by atoms with E-state index in [4.69, 9.17) is 4.99 Å². The molecule has 0 radical (unpaired) electrons. The summed E-state index contributed by atoms with van der Waals surface area (Å²) in [4.78, 5) is 5.43. The van der Waals surface area contributed by atoms with Crippen molar-refractivity contribution in [2.75, 3.05) is 0 Å². The molecule has 5 nitrogen and oxygen atoms in total. The summed E-state index contributed by atoms with van der Waals surface area (Å²) in [5.41, 5.74) is 14.9. The van der Waals surface area contributed by atoms with Crippen LogP contribution in [0.4, 0.5) is 0 Å². The van der Waals surface area contributed by atoms with Crippen LogP contribution in [0.3, 0.4) is 0 Å². The Morgan fingerprint density at radius 1 is 0.371 bits per heavy atom. The Balaban J connectivity index is 1.03. The maximum Gasteiger partial charge on any atom is 0.131 e. The van der Waals surface area contributed by atoms with Gasteiger partial charge < -0.3 is 14.5 Å². The summed E-state index contributed by atoms with van der Waals surface area (Å²) in [7, 11) is 0. The third kappa shape index (κ3) is 6.09. The van der Waals surface area contributed by atoms with Crippen molar-refractivity contribution >= 4 is 49.4 Å². The molecule has 0 fully saturated rings. The SMILES string of the molecule is c1ccc(C2=NC(c3ccccc3-n3c4ccccc4c4ccc(-n5c6ccccc6c6ccc(-c7ccccc7)cc65)cc43)NC(c3ccc(-c4ccccc4)cc3)N2)cc1. The number of benzene rings is 9. The first-order chi connectivity index (χ1) is 30.7. The molecule has 11 aromatic rings. The number of amidine groups is 1. The van der Waals surface area contributed by atoms with Crippen LogP contribution in [0.15, 0.2) is 229 Å². The van der Waals surface area contributed by atoms with E-state index in [9.17, 15) is 0 Å². The highest BCUT2D eigenvalue weighted by atomic mass is 15.3. The zero-order valence-electron chi connectivity index (χ0n) is 33.9. The van der Waals surface area contributed by atoms with Crippen LogP contribution in [-0.4, -0.2) is 15.0 Å². The van der Waals surface area contributed by atoms with Gasteiger partial charge in [-0.05, 0) is 64.2 Å². The number of para-hydroxylation sites is 3. The van der Waals surface area contributed by atoms with E-state index in [1.807, 2.05) is 0 Å². The Bertz CT molecular complexity index is 3460. The van der Waals surface area contributed by atoms with Crippen molar-refractivity contribution in [2.45, 2.75) is 12.3 Å². The third-order valence-corrected chi connectivity index (χ3v) is 12.4. The molecule has 2 unspecified atom stereocenters. The molecule has 1 aliphatic rings. The fraction of sp³-hybridized carbons (Fsp3) is 0.0351. The molecular weight excluding hydrogens is 755 g/mol. The maximum absolute atomic E-state index is 5.43. The molecular formula is C57H41N5. The van der Waals surface area contributed by atoms with Gasteiger partial charge in [-0.3, -0.25) is 5.32 Å². The molecule has 3 heterocycles. The summed E-state index contributed by atoms with van der Waals surface area (Å²) >= 11 is 0. The predicted octanol–water partition coefficient (Wildman–Crippen LogP) is 13.6. The second kappa shape index (κ2) is 14.9. The molecule has 2 aromatic heterocycles. The normalized spacial score (nSPS) is 15.3. The van der Waals surface area contributed by atoms with Crippen LogP contribution < -0.4 is 10.6 Å². The summed E-state index contributed by atoms with van der Waals surface area (Å²) in [5, 5.41) is 12.6. The van der Waals surface area contributed by atoms with E-state index in [-0.39, 0.29) is 12.3 Å². The van der Waals surface area contributed by atoms with Crippen LogP contribution in [0.25, 0.3) is 77.2 Å². The summed E-state index contributed by atoms with van der Waals surface area (Å²) in [5.74, 6) is 0.854. The van der Waals surface area contributed by atoms with Crippen molar-refractivity contribution in [1.82, 2.24) is 19.8 Å². The van der Waals surface area contributed by atoms with Crippen LogP contribution in [0.1, 0.15) is 29.0 Å². The number of fused-ring (bicyclic) bond motifs is 6. The van der Waals surface area contributed by atoms with Gasteiger partial charge in [0.15, 0.2) is 0 Å². The summed E-state index contributed by atoms with van der Waals surface area (Å²) in [6.45, 7) is 0. The zero-order chi connectivity index (χ0) is 41.0. The van der Waals surface area contributed by atoms with Crippen molar-refractivity contribution in [2.24, 2.45) is 4.99 Å². The van der Waals surface area contributed by atoms with Gasteiger partial charge in [-0.1, -0.05) is 188 Å². The molecule has 12 rings (SSSR count). The van der Waals surface area contributed by atoms with E-state index in [2.05, 4.69) is 244 Å². The second-order valence-electron chi connectivity index (χ2n) is 16.0. The topological polar surface area (TPSA) is 46.3 Å². The number of aliphatic imine (C=N–C) groups is 1. The third-order valence-electron chi connectivity index (χ3n) is 12.4. The molecule has 0 saturated heterocycles. The van der Waals surface area contributed by atoms with E-state index >= 15 is 0 Å². The van der Waals surface area contributed by atoms with E-state index in [0.29, 0.717) is 0 Å². The van der Waals surface area contributed by atoms with E-state index < -0.39 is 0 Å². The lowest BCUT2D eigenvalue weighted by atomic mass is 10.0. The number of nitrogens with zero attached hydrogens (tertiary/aromatic N) is 3. The molecule has 0 bridgehead atoms. The fourth-order valence-corrected chi connectivity index (χ4v) is 9.47. The van der Waals surface area contributed by atoms with Gasteiger partial charge in [0.05, 0.1) is 27.8 Å². The minimum Gasteiger partial charge on any atom is -0.350 e. The molecule has 0 spiro atoms. The van der Waals surface area contributed by atoms with Crippen molar-refractivity contribution in [3.63, 3.8) is 0 Å². The standard InChI is InChI=1S/C57H41N5/c1-4-16-38(17-5-1)40-28-30-42(31-29-40)56-58-55(41-20-8-3-9-21-41)59-57(60-56)49-24-12-15-27-52(49)62-51-26-14-11-23-46(51)48-35-33-44(37-54(48)62)61-50-25-13-10-22-45(50)47-34-32-43(36-53(47)61)39-18-6-2-7-19-39/h1-37,56-57,60H,(H,58,59). The monoisotopic (exact) mass is 795 g/mol. The highest BCUT2D eigenvalue weighted by Crippen LogP contribution is 2.40. The highest BCUT2D eigenvalue weighted by Gasteiger charge is 2.28. The van der Waals surface area contributed by atoms with Gasteiger partial charge >= 0.3 is 0 Å². The van der Waals surface area contributed by atoms with Crippen molar-refractivity contribution in [3.05, 3.63) is 241 Å². The second-order valence-corrected chi connectivity index (χ2v) is 16.0. The van der Waals surface area contributed by atoms with Gasteiger partial charge in [0.25, 0.3) is 0 Å². The first kappa shape index (κ1) is 35.9. The number of rotatable bonds is 7. The van der Waals surface area contributed by atoms with Crippen LogP contribution in [0.2, 0.25) is 0 Å². The number of aromatic nitrogens is 2. The lowest BCUT2D eigenvalue weighted by Gasteiger charge is -2.33. The average Bonchev–Trinajstić information content (AvgIpc) is 3.86. The van der Waals surface area contributed by atoms with Gasteiger partial charge in [0.1, 0.15) is 18.2 Å². The van der Waals surface area contributed by atoms with Crippen LogP contribution in [-0.2, 0) is 0 Å². The Morgan fingerprint density at radius 3 is 1.56 bits per heavy atom. The van der Waals surface area contributed by atoms with Crippen molar-refractivity contribution < 1.29 is 0 Å². The minimum atomic E-state index is -0.352. The first-order valence-electron chi connectivity index (χ1n) is 21.3. The molecule has 62 heavy (non-hydrogen) atoms. The predicted molar refractivity (Wildman–Crippen MR) is 257 cm³/mol. The van der Waals surface area contributed by atoms with Crippen LogP contribution in [0, 0.1) is 0 Å². The highest BCUT2D eigenvalue weighted by molar-refractivity contribution is 6.12. The molecule has 0 saturated carbocycles. The van der Waals surface area contributed by atoms with Gasteiger partial charge in [-0.2, -0.15) is 0 Å². The number of hydrogen-bond donors (Lipinski definition) is 2. The zero-order valence-corrected chi connectivity index (χ0v) is 33.9. The maximum atomic E-state index is 5.43. The van der Waals surface area contributed by atoms with Crippen LogP contribution >= 0.6 is 0 Å². The number of nitrogens with one attached hydrogen (secondary N) is 2. The lowest BCUT2D eigenvalue weighted by Crippen LogP contribution is -2.45. The molecule has 9 aromatic carbocycles. The lowest BCUT2D eigenvalue weighted by molar-refractivity contribution is 0.408. The van der Waals surface area contributed by atoms with Crippen molar-refractivity contribution in [3.8, 4) is 33.6 Å². The molecule has 5 heteroatoms. The minimum absolute atomic E-state index is 0.189. The van der Waals surface area contributed by atoms with E-state index in [1.54, 1.807) is 0 Å². The summed E-state index contributed by atoms with van der Waals surface area (Å²) in [6.07, 6.45) is -0.541. The Kier molecular flexibility index (Phi) is 8.65. The summed E-state index contributed by atoms with van der Waals surface area (Å²) in [6, 6.07) is 80.6. The van der Waals surface area contributed by atoms with Gasteiger partial charge in [-0.15, -0.1) is 0 Å². The number of hydrogen-bond acceptors (Lipinski definition) is 3. The van der Waals surface area contributed by atoms with Gasteiger partial charge in [-0.25, -0.2) is 4.99 Å². The van der Waals surface area contributed by atoms with Crippen LogP contribution in [0.5, 0.6) is 0 Å². The molecule has 0 amide bonds. The smallest absolute Gasteiger partial charge is 0.131 e.